The summed E-state index contributed by atoms with van der Waals surface area (Å²) >= 11 is 0. The lowest BCUT2D eigenvalue weighted by Crippen LogP contribution is -2.32. The zero-order valence-corrected chi connectivity index (χ0v) is 22.5. The van der Waals surface area contributed by atoms with Gasteiger partial charge in [-0.15, -0.1) is 0 Å². The van der Waals surface area contributed by atoms with Crippen molar-refractivity contribution in [3.63, 3.8) is 0 Å². The molecule has 0 unspecified atom stereocenters. The van der Waals surface area contributed by atoms with Crippen LogP contribution in [0.15, 0.2) is 30.5 Å². The lowest BCUT2D eigenvalue weighted by molar-refractivity contribution is 0.310. The molecule has 1 saturated carbocycles. The molecule has 0 bridgehead atoms. The van der Waals surface area contributed by atoms with Crippen LogP contribution in [0.25, 0.3) is 22.3 Å². The van der Waals surface area contributed by atoms with Crippen LogP contribution in [0.4, 0.5) is 5.82 Å². The molecule has 38 heavy (non-hydrogen) atoms. The Kier molecular flexibility index (Phi) is 5.62. The first-order valence-electron chi connectivity index (χ1n) is 13.9. The number of rotatable bonds is 5. The van der Waals surface area contributed by atoms with Crippen LogP contribution in [0.5, 0.6) is 5.75 Å². The lowest BCUT2D eigenvalue weighted by Gasteiger charge is -2.34. The summed E-state index contributed by atoms with van der Waals surface area (Å²) in [6, 6.07) is 9.22. The van der Waals surface area contributed by atoms with Crippen LogP contribution in [0, 0.1) is 12.3 Å². The van der Waals surface area contributed by atoms with Gasteiger partial charge in [0.25, 0.3) is 0 Å². The Bertz CT molecular complexity index is 1520. The van der Waals surface area contributed by atoms with E-state index >= 15 is 0 Å². The Labute approximate surface area is 223 Å². The van der Waals surface area contributed by atoms with Gasteiger partial charge in [0.05, 0.1) is 18.6 Å². The number of aryl methyl sites for hydroxylation is 2. The van der Waals surface area contributed by atoms with Crippen molar-refractivity contribution in [3.8, 4) is 16.9 Å². The van der Waals surface area contributed by atoms with E-state index in [1.807, 2.05) is 13.1 Å². The van der Waals surface area contributed by atoms with Crippen molar-refractivity contribution in [1.29, 1.82) is 0 Å². The molecule has 1 aromatic carbocycles. The van der Waals surface area contributed by atoms with E-state index in [1.165, 1.54) is 29.7 Å². The quantitative estimate of drug-likeness (QED) is 0.396. The number of fused-ring (bicyclic) bond motifs is 3. The first-order chi connectivity index (χ1) is 18.4. The van der Waals surface area contributed by atoms with E-state index in [9.17, 15) is 0 Å². The number of hydrogen-bond acceptors (Lipinski definition) is 7. The van der Waals surface area contributed by atoms with Crippen LogP contribution in [0.3, 0.4) is 0 Å². The summed E-state index contributed by atoms with van der Waals surface area (Å²) in [5.41, 5.74) is 7.86. The standard InChI is InChI=1S/C30H35N7O/c1-18-33-25-13-20(15-32-28(25)34-18)19-4-7-26-21(12-19)17-37(10-11-38-26)29-23-14-30(2,3)9-8-24(23)35-27(36-29)16-31-22-5-6-22/h4,7,12-13,15,22,31H,5-6,8-11,14,16-17H2,1-3H3,(H,32,33,34). The molecule has 8 heteroatoms. The van der Waals surface area contributed by atoms with Crippen molar-refractivity contribution in [2.24, 2.45) is 5.41 Å². The summed E-state index contributed by atoms with van der Waals surface area (Å²) in [6.45, 7) is 9.59. The fraction of sp³-hybridized carbons (Fsp3) is 0.467. The summed E-state index contributed by atoms with van der Waals surface area (Å²) in [5.74, 6) is 3.83. The molecule has 0 amide bonds. The molecule has 8 nitrogen and oxygen atoms in total. The highest BCUT2D eigenvalue weighted by Gasteiger charge is 2.32. The highest BCUT2D eigenvalue weighted by atomic mass is 16.5. The Hall–Kier alpha value is -3.52. The van der Waals surface area contributed by atoms with Gasteiger partial charge >= 0.3 is 0 Å². The molecule has 4 heterocycles. The number of pyridine rings is 1. The number of H-pyrrole nitrogens is 1. The van der Waals surface area contributed by atoms with E-state index in [-0.39, 0.29) is 5.41 Å². The number of nitrogens with zero attached hydrogens (tertiary/aromatic N) is 5. The number of ether oxygens (including phenoxy) is 1. The van der Waals surface area contributed by atoms with Gasteiger partial charge in [0.2, 0.25) is 0 Å². The smallest absolute Gasteiger partial charge is 0.177 e. The van der Waals surface area contributed by atoms with Gasteiger partial charge in [0, 0.05) is 41.2 Å². The Morgan fingerprint density at radius 1 is 1.13 bits per heavy atom. The second kappa shape index (κ2) is 9.05. The van der Waals surface area contributed by atoms with Gasteiger partial charge in [-0.1, -0.05) is 19.9 Å². The highest BCUT2D eigenvalue weighted by Crippen LogP contribution is 2.39. The molecule has 4 aromatic rings. The van der Waals surface area contributed by atoms with Crippen LogP contribution in [-0.2, 0) is 25.9 Å². The third-order valence-electron chi connectivity index (χ3n) is 8.07. The number of imidazole rings is 1. The molecule has 3 aliphatic rings. The second-order valence-electron chi connectivity index (χ2n) is 11.9. The summed E-state index contributed by atoms with van der Waals surface area (Å²) in [5, 5.41) is 3.61. The normalized spacial score (nSPS) is 18.6. The van der Waals surface area contributed by atoms with E-state index < -0.39 is 0 Å². The van der Waals surface area contributed by atoms with E-state index in [0.717, 1.165) is 84.4 Å². The highest BCUT2D eigenvalue weighted by molar-refractivity contribution is 5.78. The average molecular weight is 510 g/mol. The molecule has 196 valence electrons. The minimum Gasteiger partial charge on any atom is -0.491 e. The van der Waals surface area contributed by atoms with Gasteiger partial charge in [0.15, 0.2) is 5.65 Å². The fourth-order valence-corrected chi connectivity index (χ4v) is 5.78. The maximum absolute atomic E-state index is 6.24. The largest absolute Gasteiger partial charge is 0.491 e. The summed E-state index contributed by atoms with van der Waals surface area (Å²) < 4.78 is 6.24. The number of anilines is 1. The zero-order chi connectivity index (χ0) is 25.9. The van der Waals surface area contributed by atoms with Gasteiger partial charge in [-0.2, -0.15) is 0 Å². The molecular formula is C30H35N7O. The molecule has 2 aliphatic carbocycles. The molecule has 1 fully saturated rings. The van der Waals surface area contributed by atoms with Crippen molar-refractivity contribution < 1.29 is 4.74 Å². The van der Waals surface area contributed by atoms with Gasteiger partial charge < -0.3 is 19.9 Å². The Morgan fingerprint density at radius 2 is 2.03 bits per heavy atom. The van der Waals surface area contributed by atoms with Crippen LogP contribution >= 0.6 is 0 Å². The minimum absolute atomic E-state index is 0.253. The average Bonchev–Trinajstić information content (AvgIpc) is 3.68. The van der Waals surface area contributed by atoms with Gasteiger partial charge in [-0.05, 0) is 68.2 Å². The molecular weight excluding hydrogens is 474 g/mol. The maximum Gasteiger partial charge on any atom is 0.177 e. The van der Waals surface area contributed by atoms with E-state index in [1.54, 1.807) is 0 Å². The van der Waals surface area contributed by atoms with E-state index in [4.69, 9.17) is 14.7 Å². The van der Waals surface area contributed by atoms with Crippen molar-refractivity contribution in [2.75, 3.05) is 18.1 Å². The molecule has 7 rings (SSSR count). The van der Waals surface area contributed by atoms with Crippen LogP contribution < -0.4 is 15.0 Å². The molecule has 0 atom stereocenters. The van der Waals surface area contributed by atoms with E-state index in [0.29, 0.717) is 12.6 Å². The molecule has 0 radical (unpaired) electrons. The van der Waals surface area contributed by atoms with Gasteiger partial charge in [-0.3, -0.25) is 0 Å². The monoisotopic (exact) mass is 509 g/mol. The van der Waals surface area contributed by atoms with Gasteiger partial charge in [0.1, 0.15) is 29.8 Å². The fourth-order valence-electron chi connectivity index (χ4n) is 5.78. The lowest BCUT2D eigenvalue weighted by atomic mass is 9.76. The van der Waals surface area contributed by atoms with Crippen LogP contribution in [-0.4, -0.2) is 44.1 Å². The number of hydrogen-bond donors (Lipinski definition) is 2. The molecule has 0 saturated heterocycles. The molecule has 2 N–H and O–H groups in total. The minimum atomic E-state index is 0.253. The first-order valence-corrected chi connectivity index (χ1v) is 13.9. The number of aromatic amines is 1. The van der Waals surface area contributed by atoms with Crippen molar-refractivity contribution in [1.82, 2.24) is 30.2 Å². The summed E-state index contributed by atoms with van der Waals surface area (Å²) in [6.07, 6.45) is 7.61. The van der Waals surface area contributed by atoms with Crippen LogP contribution in [0.1, 0.15) is 61.6 Å². The third kappa shape index (κ3) is 4.62. The van der Waals surface area contributed by atoms with Crippen molar-refractivity contribution in [3.05, 3.63) is 58.9 Å². The molecule has 0 spiro atoms. The van der Waals surface area contributed by atoms with E-state index in [2.05, 4.69) is 63.3 Å². The molecule has 3 aromatic heterocycles. The van der Waals surface area contributed by atoms with Crippen molar-refractivity contribution in [2.45, 2.75) is 72.0 Å². The van der Waals surface area contributed by atoms with Gasteiger partial charge in [-0.25, -0.2) is 19.9 Å². The Morgan fingerprint density at radius 3 is 2.89 bits per heavy atom. The number of benzene rings is 1. The topological polar surface area (TPSA) is 91.9 Å². The summed E-state index contributed by atoms with van der Waals surface area (Å²) in [4.78, 5) is 25.0. The third-order valence-corrected chi connectivity index (χ3v) is 8.07. The number of nitrogens with one attached hydrogen (secondary N) is 2. The second-order valence-corrected chi connectivity index (χ2v) is 11.9. The maximum atomic E-state index is 6.24. The predicted octanol–water partition coefficient (Wildman–Crippen LogP) is 4.89. The number of aromatic nitrogens is 5. The SMILES string of the molecule is Cc1nc2ncc(-c3ccc4c(c3)CN(c3nc(CNC5CC5)nc5c3CC(C)(C)CC5)CCO4)cc2[nH]1. The molecule has 1 aliphatic heterocycles. The van der Waals surface area contributed by atoms with Crippen LogP contribution in [0.2, 0.25) is 0 Å². The first kappa shape index (κ1) is 23.6. The Balaban J connectivity index is 1.24. The zero-order valence-electron chi connectivity index (χ0n) is 22.5. The predicted molar refractivity (Wildman–Crippen MR) is 148 cm³/mol. The summed E-state index contributed by atoms with van der Waals surface area (Å²) in [7, 11) is 0. The van der Waals surface area contributed by atoms with Crippen molar-refractivity contribution >= 4 is 17.0 Å².